The SMILES string of the molecule is [2H]C([2H])([2H])C1(C=O)CCc2cc(-c3ccc(F)cn3)nn2C1. The van der Waals surface area contributed by atoms with Crippen molar-refractivity contribution in [3.63, 3.8) is 0 Å². The zero-order valence-electron chi connectivity index (χ0n) is 13.1. The number of fused-ring (bicyclic) bond motifs is 1. The standard InChI is InChI=1S/C14H14FN3O/c1-14(9-19)5-4-11-6-13(17-18(11)8-14)12-3-2-10(15)7-16-12/h2-3,6-7,9H,4-5,8H2,1H3/i1D3. The van der Waals surface area contributed by atoms with Crippen molar-refractivity contribution in [2.75, 3.05) is 0 Å². The number of hydrogen-bond donors (Lipinski definition) is 0. The van der Waals surface area contributed by atoms with Gasteiger partial charge in [-0.2, -0.15) is 5.10 Å². The fourth-order valence-corrected chi connectivity index (χ4v) is 2.24. The number of halogens is 1. The van der Waals surface area contributed by atoms with Gasteiger partial charge in [0.05, 0.1) is 18.4 Å². The molecule has 3 heterocycles. The Bertz CT molecular complexity index is 711. The maximum absolute atomic E-state index is 12.9. The number of carbonyl (C=O) groups is 1. The molecule has 4 nitrogen and oxygen atoms in total. The summed E-state index contributed by atoms with van der Waals surface area (Å²) in [6.07, 6.45) is 2.34. The molecule has 2 aromatic rings. The lowest BCUT2D eigenvalue weighted by atomic mass is 9.84. The number of nitrogens with zero attached hydrogens (tertiary/aromatic N) is 3. The van der Waals surface area contributed by atoms with E-state index < -0.39 is 18.1 Å². The summed E-state index contributed by atoms with van der Waals surface area (Å²) in [5, 5.41) is 4.33. The third-order valence-electron chi connectivity index (χ3n) is 3.34. The van der Waals surface area contributed by atoms with Crippen LogP contribution >= 0.6 is 0 Å². The maximum Gasteiger partial charge on any atom is 0.141 e. The van der Waals surface area contributed by atoms with Gasteiger partial charge in [-0.1, -0.05) is 6.85 Å². The van der Waals surface area contributed by atoms with E-state index in [4.69, 9.17) is 4.11 Å². The van der Waals surface area contributed by atoms with Crippen molar-refractivity contribution >= 4 is 6.29 Å². The van der Waals surface area contributed by atoms with Crippen molar-refractivity contribution in [2.45, 2.75) is 26.2 Å². The highest BCUT2D eigenvalue weighted by Gasteiger charge is 2.30. The molecule has 98 valence electrons. The Hall–Kier alpha value is -2.04. The summed E-state index contributed by atoms with van der Waals surface area (Å²) in [5.41, 5.74) is 0.499. The zero-order chi connectivity index (χ0) is 16.0. The van der Waals surface area contributed by atoms with E-state index in [1.807, 2.05) is 0 Å². The molecule has 0 saturated heterocycles. The smallest absolute Gasteiger partial charge is 0.141 e. The molecule has 0 radical (unpaired) electrons. The van der Waals surface area contributed by atoms with Crippen molar-refractivity contribution < 1.29 is 13.3 Å². The van der Waals surface area contributed by atoms with E-state index in [0.29, 0.717) is 24.1 Å². The monoisotopic (exact) mass is 262 g/mol. The fourth-order valence-electron chi connectivity index (χ4n) is 2.24. The Morgan fingerprint density at radius 2 is 2.42 bits per heavy atom. The van der Waals surface area contributed by atoms with Gasteiger partial charge in [0.2, 0.25) is 0 Å². The molecule has 0 aromatic carbocycles. The average Bonchev–Trinajstić information content (AvgIpc) is 2.89. The molecule has 1 aliphatic heterocycles. The molecule has 1 aliphatic rings. The van der Waals surface area contributed by atoms with Gasteiger partial charge in [-0.15, -0.1) is 0 Å². The van der Waals surface area contributed by atoms with Gasteiger partial charge < -0.3 is 4.79 Å². The molecule has 0 saturated carbocycles. The van der Waals surface area contributed by atoms with Gasteiger partial charge in [0.25, 0.3) is 0 Å². The van der Waals surface area contributed by atoms with Crippen LogP contribution in [0, 0.1) is 11.2 Å². The third-order valence-corrected chi connectivity index (χ3v) is 3.34. The number of carbonyl (C=O) groups excluding carboxylic acids is 1. The molecular weight excluding hydrogens is 245 g/mol. The lowest BCUT2D eigenvalue weighted by Gasteiger charge is -2.28. The number of hydrogen-bond acceptors (Lipinski definition) is 3. The molecule has 0 aliphatic carbocycles. The van der Waals surface area contributed by atoms with Gasteiger partial charge in [-0.25, -0.2) is 4.39 Å². The van der Waals surface area contributed by atoms with Crippen LogP contribution in [0.2, 0.25) is 0 Å². The predicted octanol–water partition coefficient (Wildman–Crippen LogP) is 2.24. The molecule has 0 amide bonds. The van der Waals surface area contributed by atoms with Gasteiger partial charge >= 0.3 is 0 Å². The zero-order valence-corrected chi connectivity index (χ0v) is 10.1. The molecule has 0 spiro atoms. The Morgan fingerprint density at radius 3 is 3.11 bits per heavy atom. The Kier molecular flexibility index (Phi) is 2.01. The Balaban J connectivity index is 1.96. The van der Waals surface area contributed by atoms with Crippen LogP contribution in [-0.2, 0) is 17.8 Å². The van der Waals surface area contributed by atoms with Crippen LogP contribution in [0.5, 0.6) is 0 Å². The molecular formula is C14H14FN3O. The lowest BCUT2D eigenvalue weighted by molar-refractivity contribution is -0.117. The predicted molar refractivity (Wildman–Crippen MR) is 67.9 cm³/mol. The van der Waals surface area contributed by atoms with Crippen LogP contribution < -0.4 is 0 Å². The Labute approximate surface area is 114 Å². The minimum absolute atomic E-state index is 0.0174. The van der Waals surface area contributed by atoms with E-state index in [2.05, 4.69) is 10.1 Å². The number of pyridine rings is 1. The summed E-state index contributed by atoms with van der Waals surface area (Å²) in [5.74, 6) is -0.435. The fraction of sp³-hybridized carbons (Fsp3) is 0.357. The van der Waals surface area contributed by atoms with Crippen LogP contribution in [0.3, 0.4) is 0 Å². The molecule has 3 rings (SSSR count). The highest BCUT2D eigenvalue weighted by atomic mass is 19.1. The van der Waals surface area contributed by atoms with Crippen LogP contribution in [-0.4, -0.2) is 21.1 Å². The minimum Gasteiger partial charge on any atom is -0.303 e. The van der Waals surface area contributed by atoms with Crippen molar-refractivity contribution in [1.29, 1.82) is 0 Å². The second-order valence-corrected chi connectivity index (χ2v) is 4.81. The molecule has 0 fully saturated rings. The van der Waals surface area contributed by atoms with E-state index in [0.717, 1.165) is 11.9 Å². The van der Waals surface area contributed by atoms with Gasteiger partial charge in [-0.3, -0.25) is 9.67 Å². The molecule has 0 N–H and O–H groups in total. The highest BCUT2D eigenvalue weighted by Crippen LogP contribution is 2.30. The molecule has 1 unspecified atom stereocenters. The van der Waals surface area contributed by atoms with Crippen molar-refractivity contribution in [3.8, 4) is 11.4 Å². The van der Waals surface area contributed by atoms with Gasteiger partial charge in [0, 0.05) is 15.2 Å². The van der Waals surface area contributed by atoms with E-state index in [1.54, 1.807) is 10.7 Å². The number of aryl methyl sites for hydroxylation is 1. The van der Waals surface area contributed by atoms with E-state index in [-0.39, 0.29) is 13.0 Å². The molecule has 1 atom stereocenters. The van der Waals surface area contributed by atoms with E-state index in [1.165, 1.54) is 12.1 Å². The number of aldehydes is 1. The minimum atomic E-state index is -2.37. The van der Waals surface area contributed by atoms with Gasteiger partial charge in [0.15, 0.2) is 0 Å². The van der Waals surface area contributed by atoms with E-state index >= 15 is 0 Å². The lowest BCUT2D eigenvalue weighted by Crippen LogP contribution is -2.31. The normalized spacial score (nSPS) is 25.0. The second kappa shape index (κ2) is 4.26. The molecule has 19 heavy (non-hydrogen) atoms. The first-order valence-electron chi connectivity index (χ1n) is 7.50. The second-order valence-electron chi connectivity index (χ2n) is 4.81. The first kappa shape index (κ1) is 8.96. The summed E-state index contributed by atoms with van der Waals surface area (Å²) in [7, 11) is 0. The van der Waals surface area contributed by atoms with Crippen LogP contribution in [0.25, 0.3) is 11.4 Å². The van der Waals surface area contributed by atoms with Crippen LogP contribution in [0.4, 0.5) is 4.39 Å². The van der Waals surface area contributed by atoms with Crippen LogP contribution in [0.1, 0.15) is 23.1 Å². The summed E-state index contributed by atoms with van der Waals surface area (Å²) >= 11 is 0. The number of aromatic nitrogens is 3. The largest absolute Gasteiger partial charge is 0.303 e. The Morgan fingerprint density at radius 1 is 1.53 bits per heavy atom. The van der Waals surface area contributed by atoms with Gasteiger partial charge in [0.1, 0.15) is 17.8 Å². The van der Waals surface area contributed by atoms with Crippen molar-refractivity contribution in [2.24, 2.45) is 5.41 Å². The van der Waals surface area contributed by atoms with Gasteiger partial charge in [-0.05, 0) is 31.0 Å². The van der Waals surface area contributed by atoms with Crippen LogP contribution in [0.15, 0.2) is 24.4 Å². The topological polar surface area (TPSA) is 47.8 Å². The third kappa shape index (κ3) is 2.16. The highest BCUT2D eigenvalue weighted by molar-refractivity contribution is 5.60. The molecule has 2 aromatic heterocycles. The first-order valence-corrected chi connectivity index (χ1v) is 6.00. The number of rotatable bonds is 2. The first-order chi connectivity index (χ1) is 10.3. The quantitative estimate of drug-likeness (QED) is 0.780. The van der Waals surface area contributed by atoms with Crippen molar-refractivity contribution in [1.82, 2.24) is 14.8 Å². The summed E-state index contributed by atoms with van der Waals surface area (Å²) in [6.45, 7) is -2.35. The summed E-state index contributed by atoms with van der Waals surface area (Å²) in [6, 6.07) is 4.60. The molecule has 5 heteroatoms. The van der Waals surface area contributed by atoms with E-state index in [9.17, 15) is 9.18 Å². The summed E-state index contributed by atoms with van der Waals surface area (Å²) < 4.78 is 37.3. The molecule has 0 bridgehead atoms. The van der Waals surface area contributed by atoms with Crippen molar-refractivity contribution in [3.05, 3.63) is 35.9 Å². The summed E-state index contributed by atoms with van der Waals surface area (Å²) in [4.78, 5) is 15.4. The average molecular weight is 262 g/mol. The maximum atomic E-state index is 12.9.